The zero-order valence-corrected chi connectivity index (χ0v) is 9.60. The largest absolute Gasteiger partial charge is 0.385 e. The lowest BCUT2D eigenvalue weighted by Crippen LogP contribution is -2.34. The number of nitrogens with two attached hydrogens (primary N) is 1. The van der Waals surface area contributed by atoms with Gasteiger partial charge in [-0.25, -0.2) is 0 Å². The third-order valence-electron chi connectivity index (χ3n) is 2.67. The normalized spacial score (nSPS) is 24.9. The molecule has 1 atom stereocenters. The van der Waals surface area contributed by atoms with Crippen LogP contribution in [0.4, 0.5) is 5.69 Å². The second-order valence-corrected chi connectivity index (χ2v) is 4.22. The van der Waals surface area contributed by atoms with Gasteiger partial charge in [-0.2, -0.15) is 0 Å². The van der Waals surface area contributed by atoms with Gasteiger partial charge in [0.05, 0.1) is 13.2 Å². The molecule has 0 radical (unpaired) electrons. The maximum Gasteiger partial charge on any atom is 0.193 e. The van der Waals surface area contributed by atoms with Gasteiger partial charge in [0.2, 0.25) is 0 Å². The van der Waals surface area contributed by atoms with Crippen molar-refractivity contribution in [2.75, 3.05) is 25.1 Å². The molecular formula is C12H17N3O2. The minimum Gasteiger partial charge on any atom is -0.385 e. The SMILES string of the molecule is NC(=NCC1(O)CCOC1)Nc1ccccc1. The highest BCUT2D eigenvalue weighted by Gasteiger charge is 2.31. The first-order valence-corrected chi connectivity index (χ1v) is 5.60. The molecule has 1 aromatic carbocycles. The van der Waals surface area contributed by atoms with Crippen LogP contribution in [0.3, 0.4) is 0 Å². The zero-order chi connectivity index (χ0) is 12.1. The van der Waals surface area contributed by atoms with E-state index in [1.54, 1.807) is 0 Å². The highest BCUT2D eigenvalue weighted by atomic mass is 16.5. The molecule has 0 aromatic heterocycles. The van der Waals surface area contributed by atoms with Crippen LogP contribution in [0.2, 0.25) is 0 Å². The molecule has 4 N–H and O–H groups in total. The van der Waals surface area contributed by atoms with Crippen molar-refractivity contribution in [3.63, 3.8) is 0 Å². The second-order valence-electron chi connectivity index (χ2n) is 4.22. The Morgan fingerprint density at radius 3 is 2.88 bits per heavy atom. The van der Waals surface area contributed by atoms with E-state index in [0.29, 0.717) is 25.6 Å². The molecule has 5 heteroatoms. The van der Waals surface area contributed by atoms with Crippen LogP contribution >= 0.6 is 0 Å². The molecule has 17 heavy (non-hydrogen) atoms. The fraction of sp³-hybridized carbons (Fsp3) is 0.417. The van der Waals surface area contributed by atoms with E-state index in [-0.39, 0.29) is 6.54 Å². The lowest BCUT2D eigenvalue weighted by molar-refractivity contribution is 0.0350. The number of ether oxygens (including phenoxy) is 1. The molecule has 0 amide bonds. The van der Waals surface area contributed by atoms with Crippen molar-refractivity contribution in [2.45, 2.75) is 12.0 Å². The van der Waals surface area contributed by atoms with Crippen molar-refractivity contribution >= 4 is 11.6 Å². The fourth-order valence-corrected chi connectivity index (χ4v) is 1.66. The summed E-state index contributed by atoms with van der Waals surface area (Å²) in [6.45, 7) is 1.17. The molecule has 1 aliphatic heterocycles. The van der Waals surface area contributed by atoms with Gasteiger partial charge in [-0.05, 0) is 12.1 Å². The van der Waals surface area contributed by atoms with Crippen LogP contribution < -0.4 is 11.1 Å². The Kier molecular flexibility index (Phi) is 3.61. The summed E-state index contributed by atoms with van der Waals surface area (Å²) >= 11 is 0. The van der Waals surface area contributed by atoms with Gasteiger partial charge in [-0.1, -0.05) is 18.2 Å². The lowest BCUT2D eigenvalue weighted by Gasteiger charge is -2.17. The number of anilines is 1. The number of para-hydroxylation sites is 1. The number of aliphatic hydroxyl groups is 1. The number of nitrogens with zero attached hydrogens (tertiary/aromatic N) is 1. The van der Waals surface area contributed by atoms with Gasteiger partial charge in [0.1, 0.15) is 5.60 Å². The van der Waals surface area contributed by atoms with Crippen LogP contribution in [-0.2, 0) is 4.74 Å². The summed E-state index contributed by atoms with van der Waals surface area (Å²) < 4.78 is 5.13. The molecule has 0 aliphatic carbocycles. The molecule has 1 heterocycles. The third kappa shape index (κ3) is 3.44. The highest BCUT2D eigenvalue weighted by molar-refractivity contribution is 5.92. The zero-order valence-electron chi connectivity index (χ0n) is 9.60. The minimum absolute atomic E-state index is 0.263. The Bertz CT molecular complexity index is 386. The minimum atomic E-state index is -0.858. The first-order valence-electron chi connectivity index (χ1n) is 5.60. The molecule has 1 unspecified atom stereocenters. The Hall–Kier alpha value is -1.59. The van der Waals surface area contributed by atoms with Crippen LogP contribution in [0.25, 0.3) is 0 Å². The monoisotopic (exact) mass is 235 g/mol. The van der Waals surface area contributed by atoms with Crippen LogP contribution in [-0.4, -0.2) is 36.4 Å². The molecule has 92 valence electrons. The van der Waals surface area contributed by atoms with E-state index in [2.05, 4.69) is 10.3 Å². The molecule has 2 rings (SSSR count). The maximum absolute atomic E-state index is 9.99. The summed E-state index contributed by atoms with van der Waals surface area (Å²) in [4.78, 5) is 4.13. The molecule has 5 nitrogen and oxygen atoms in total. The van der Waals surface area contributed by atoms with Gasteiger partial charge >= 0.3 is 0 Å². The standard InChI is InChI=1S/C12H17N3O2/c13-11(15-10-4-2-1-3-5-10)14-8-12(16)6-7-17-9-12/h1-5,16H,6-9H2,(H3,13,14,15). The molecule has 1 saturated heterocycles. The topological polar surface area (TPSA) is 79.9 Å². The smallest absolute Gasteiger partial charge is 0.193 e. The van der Waals surface area contributed by atoms with Gasteiger partial charge in [-0.3, -0.25) is 4.99 Å². The van der Waals surface area contributed by atoms with E-state index in [1.165, 1.54) is 0 Å². The first kappa shape index (κ1) is 11.9. The van der Waals surface area contributed by atoms with Crippen LogP contribution in [0, 0.1) is 0 Å². The van der Waals surface area contributed by atoms with Crippen molar-refractivity contribution < 1.29 is 9.84 Å². The molecule has 1 aromatic rings. The molecule has 0 saturated carbocycles. The van der Waals surface area contributed by atoms with E-state index >= 15 is 0 Å². The molecular weight excluding hydrogens is 218 g/mol. The Labute approximate surface area is 100 Å². The quantitative estimate of drug-likeness (QED) is 0.528. The van der Waals surface area contributed by atoms with E-state index in [0.717, 1.165) is 5.69 Å². The third-order valence-corrected chi connectivity index (χ3v) is 2.67. The average molecular weight is 235 g/mol. The van der Waals surface area contributed by atoms with Crippen molar-refractivity contribution in [3.05, 3.63) is 30.3 Å². The van der Waals surface area contributed by atoms with E-state index < -0.39 is 5.60 Å². The number of nitrogens with one attached hydrogen (secondary N) is 1. The average Bonchev–Trinajstić information content (AvgIpc) is 2.76. The van der Waals surface area contributed by atoms with Crippen molar-refractivity contribution in [3.8, 4) is 0 Å². The maximum atomic E-state index is 9.99. The summed E-state index contributed by atoms with van der Waals surface area (Å²) in [5, 5.41) is 12.9. The van der Waals surface area contributed by atoms with Crippen molar-refractivity contribution in [2.24, 2.45) is 10.7 Å². The van der Waals surface area contributed by atoms with Crippen molar-refractivity contribution in [1.29, 1.82) is 0 Å². The van der Waals surface area contributed by atoms with Crippen molar-refractivity contribution in [1.82, 2.24) is 0 Å². The number of guanidine groups is 1. The predicted molar refractivity (Wildman–Crippen MR) is 66.9 cm³/mol. The molecule has 1 fully saturated rings. The van der Waals surface area contributed by atoms with Crippen LogP contribution in [0.1, 0.15) is 6.42 Å². The van der Waals surface area contributed by atoms with Gasteiger partial charge in [0, 0.05) is 18.7 Å². The van der Waals surface area contributed by atoms with Crippen LogP contribution in [0.15, 0.2) is 35.3 Å². The van der Waals surface area contributed by atoms with Gasteiger partial charge in [0.25, 0.3) is 0 Å². The van der Waals surface area contributed by atoms with Gasteiger partial charge < -0.3 is 20.9 Å². The summed E-state index contributed by atoms with van der Waals surface area (Å²) in [6.07, 6.45) is 0.606. The molecule has 0 spiro atoms. The number of hydrogen-bond acceptors (Lipinski definition) is 3. The van der Waals surface area contributed by atoms with E-state index in [1.807, 2.05) is 30.3 Å². The Balaban J connectivity index is 1.89. The fourth-order valence-electron chi connectivity index (χ4n) is 1.66. The highest BCUT2D eigenvalue weighted by Crippen LogP contribution is 2.18. The molecule has 0 bridgehead atoms. The van der Waals surface area contributed by atoms with E-state index in [9.17, 15) is 5.11 Å². The molecule has 1 aliphatic rings. The number of hydrogen-bond donors (Lipinski definition) is 3. The van der Waals surface area contributed by atoms with E-state index in [4.69, 9.17) is 10.5 Å². The van der Waals surface area contributed by atoms with Gasteiger partial charge in [0.15, 0.2) is 5.96 Å². The Morgan fingerprint density at radius 1 is 1.47 bits per heavy atom. The second kappa shape index (κ2) is 5.16. The summed E-state index contributed by atoms with van der Waals surface area (Å²) in [5.74, 6) is 0.302. The lowest BCUT2D eigenvalue weighted by atomic mass is 10.0. The summed E-state index contributed by atoms with van der Waals surface area (Å²) in [6, 6.07) is 9.55. The predicted octanol–water partition coefficient (Wildman–Crippen LogP) is 0.565. The summed E-state index contributed by atoms with van der Waals surface area (Å²) in [5.41, 5.74) is 5.75. The number of aliphatic imine (C=N–C) groups is 1. The number of rotatable bonds is 3. The number of benzene rings is 1. The first-order chi connectivity index (χ1) is 8.18. The Morgan fingerprint density at radius 2 is 2.24 bits per heavy atom. The summed E-state index contributed by atoms with van der Waals surface area (Å²) in [7, 11) is 0. The van der Waals surface area contributed by atoms with Crippen LogP contribution in [0.5, 0.6) is 0 Å². The van der Waals surface area contributed by atoms with Gasteiger partial charge in [-0.15, -0.1) is 0 Å².